The highest BCUT2D eigenvalue weighted by atomic mass is 35.5. The molecular weight excluding hydrogens is 253 g/mol. The van der Waals surface area contributed by atoms with Gasteiger partial charge in [0, 0.05) is 5.56 Å². The highest BCUT2D eigenvalue weighted by Gasteiger charge is 2.22. The number of aromatic amines is 1. The minimum atomic E-state index is -0.498. The van der Waals surface area contributed by atoms with Crippen LogP contribution >= 0.6 is 11.6 Å². The van der Waals surface area contributed by atoms with Gasteiger partial charge in [0.1, 0.15) is 11.6 Å². The van der Waals surface area contributed by atoms with Crippen LogP contribution in [0.2, 0.25) is 5.02 Å². The molecule has 0 saturated carbocycles. The molecule has 1 heterocycles. The summed E-state index contributed by atoms with van der Waals surface area (Å²) in [6.45, 7) is 3.91. The van der Waals surface area contributed by atoms with Crippen LogP contribution in [0.5, 0.6) is 0 Å². The van der Waals surface area contributed by atoms with E-state index < -0.39 is 11.4 Å². The molecule has 1 aromatic heterocycles. The molecule has 0 aliphatic carbocycles. The number of nitrogens with zero attached hydrogens (tertiary/aromatic N) is 1. The molecule has 1 unspecified atom stereocenters. The third-order valence-corrected chi connectivity index (χ3v) is 3.37. The van der Waals surface area contributed by atoms with E-state index in [0.29, 0.717) is 5.82 Å². The summed E-state index contributed by atoms with van der Waals surface area (Å²) in [6.07, 6.45) is 2.45. The summed E-state index contributed by atoms with van der Waals surface area (Å²) in [5.41, 5.74) is 7.16. The molecule has 0 spiro atoms. The van der Waals surface area contributed by atoms with Gasteiger partial charge in [0.2, 0.25) is 0 Å². The number of H-pyrrole nitrogens is 1. The first kappa shape index (κ1) is 13.1. The van der Waals surface area contributed by atoms with Crippen LogP contribution in [-0.4, -0.2) is 9.97 Å². The van der Waals surface area contributed by atoms with Crippen LogP contribution in [0.4, 0.5) is 4.39 Å². The van der Waals surface area contributed by atoms with E-state index in [1.54, 1.807) is 18.3 Å². The van der Waals surface area contributed by atoms with Crippen molar-refractivity contribution in [1.29, 1.82) is 0 Å². The van der Waals surface area contributed by atoms with Gasteiger partial charge in [-0.3, -0.25) is 0 Å². The molecule has 2 rings (SSSR count). The molecule has 0 radical (unpaired) electrons. The number of benzene rings is 1. The van der Waals surface area contributed by atoms with Crippen molar-refractivity contribution in [3.05, 3.63) is 41.1 Å². The maximum atomic E-state index is 13.1. The van der Waals surface area contributed by atoms with Crippen LogP contribution in [0.3, 0.4) is 0 Å². The Hall–Kier alpha value is -1.39. The maximum absolute atomic E-state index is 13.1. The van der Waals surface area contributed by atoms with Gasteiger partial charge in [0.05, 0.1) is 22.5 Å². The van der Waals surface area contributed by atoms with Crippen molar-refractivity contribution in [2.45, 2.75) is 25.8 Å². The number of aromatic nitrogens is 2. The third-order valence-electron chi connectivity index (χ3n) is 3.08. The second kappa shape index (κ2) is 4.71. The number of halogens is 2. The van der Waals surface area contributed by atoms with E-state index in [0.717, 1.165) is 17.7 Å². The Morgan fingerprint density at radius 2 is 2.22 bits per heavy atom. The summed E-state index contributed by atoms with van der Waals surface area (Å²) < 4.78 is 13.1. The van der Waals surface area contributed by atoms with Crippen molar-refractivity contribution >= 4 is 11.6 Å². The first-order valence-electron chi connectivity index (χ1n) is 5.74. The lowest BCUT2D eigenvalue weighted by Crippen LogP contribution is -2.33. The summed E-state index contributed by atoms with van der Waals surface area (Å²) in [5.74, 6) is 0.276. The first-order chi connectivity index (χ1) is 8.44. The number of rotatable bonds is 3. The zero-order chi connectivity index (χ0) is 13.3. The standard InChI is InChI=1S/C13H15ClFN3/c1-3-13(2,16)12-17-7-11(18-12)8-4-5-10(15)9(14)6-8/h4-7H,3,16H2,1-2H3,(H,17,18). The Morgan fingerprint density at radius 3 is 2.83 bits per heavy atom. The molecule has 0 fully saturated rings. The van der Waals surface area contributed by atoms with Gasteiger partial charge >= 0.3 is 0 Å². The molecule has 1 atom stereocenters. The maximum Gasteiger partial charge on any atom is 0.141 e. The first-order valence-corrected chi connectivity index (χ1v) is 6.11. The number of nitrogens with one attached hydrogen (secondary N) is 1. The Kier molecular flexibility index (Phi) is 3.41. The summed E-state index contributed by atoms with van der Waals surface area (Å²) in [5, 5.41) is 0.0923. The van der Waals surface area contributed by atoms with Gasteiger partial charge in [-0.2, -0.15) is 0 Å². The van der Waals surface area contributed by atoms with E-state index in [-0.39, 0.29) is 5.02 Å². The highest BCUT2D eigenvalue weighted by Crippen LogP contribution is 2.26. The molecule has 0 aliphatic rings. The summed E-state index contributed by atoms with van der Waals surface area (Å²) in [6, 6.07) is 4.55. The second-order valence-electron chi connectivity index (χ2n) is 4.55. The average Bonchev–Trinajstić information content (AvgIpc) is 2.83. The van der Waals surface area contributed by atoms with Gasteiger partial charge in [-0.25, -0.2) is 9.37 Å². The van der Waals surface area contributed by atoms with Crippen molar-refractivity contribution < 1.29 is 4.39 Å². The smallest absolute Gasteiger partial charge is 0.141 e. The monoisotopic (exact) mass is 267 g/mol. The molecule has 3 nitrogen and oxygen atoms in total. The van der Waals surface area contributed by atoms with Gasteiger partial charge in [-0.05, 0) is 31.5 Å². The van der Waals surface area contributed by atoms with Crippen molar-refractivity contribution in [3.63, 3.8) is 0 Å². The van der Waals surface area contributed by atoms with Crippen LogP contribution in [0.1, 0.15) is 26.1 Å². The van der Waals surface area contributed by atoms with Crippen LogP contribution < -0.4 is 5.73 Å². The minimum absolute atomic E-state index is 0.0923. The Labute approximate surface area is 110 Å². The van der Waals surface area contributed by atoms with E-state index in [1.807, 2.05) is 13.8 Å². The fraction of sp³-hybridized carbons (Fsp3) is 0.308. The SMILES string of the molecule is CCC(C)(N)c1ncc(-c2ccc(F)c(Cl)c2)[nH]1. The fourth-order valence-electron chi connectivity index (χ4n) is 1.59. The van der Waals surface area contributed by atoms with Gasteiger partial charge in [-0.1, -0.05) is 18.5 Å². The van der Waals surface area contributed by atoms with Crippen LogP contribution in [0.25, 0.3) is 11.3 Å². The van der Waals surface area contributed by atoms with Crippen LogP contribution in [0, 0.1) is 5.82 Å². The zero-order valence-corrected chi connectivity index (χ0v) is 11.1. The molecule has 3 N–H and O–H groups in total. The van der Waals surface area contributed by atoms with Gasteiger partial charge in [0.15, 0.2) is 0 Å². The molecule has 0 aliphatic heterocycles. The zero-order valence-electron chi connectivity index (χ0n) is 10.3. The van der Waals surface area contributed by atoms with Crippen LogP contribution in [-0.2, 0) is 5.54 Å². The molecule has 0 saturated heterocycles. The Balaban J connectivity index is 2.38. The van der Waals surface area contributed by atoms with Crippen molar-refractivity contribution in [3.8, 4) is 11.3 Å². The van der Waals surface area contributed by atoms with Gasteiger partial charge < -0.3 is 10.7 Å². The predicted octanol–water partition coefficient (Wildman–Crippen LogP) is 3.45. The number of hydrogen-bond acceptors (Lipinski definition) is 2. The fourth-order valence-corrected chi connectivity index (χ4v) is 1.77. The topological polar surface area (TPSA) is 54.7 Å². The van der Waals surface area contributed by atoms with Gasteiger partial charge in [0.25, 0.3) is 0 Å². The average molecular weight is 268 g/mol. The van der Waals surface area contributed by atoms with E-state index >= 15 is 0 Å². The minimum Gasteiger partial charge on any atom is -0.340 e. The van der Waals surface area contributed by atoms with Gasteiger partial charge in [-0.15, -0.1) is 0 Å². The quantitative estimate of drug-likeness (QED) is 0.895. The molecule has 18 heavy (non-hydrogen) atoms. The van der Waals surface area contributed by atoms with E-state index in [4.69, 9.17) is 17.3 Å². The number of hydrogen-bond donors (Lipinski definition) is 2. The van der Waals surface area contributed by atoms with Crippen LogP contribution in [0.15, 0.2) is 24.4 Å². The molecular formula is C13H15ClFN3. The number of nitrogens with two attached hydrogens (primary N) is 1. The lowest BCUT2D eigenvalue weighted by molar-refractivity contribution is 0.450. The summed E-state index contributed by atoms with van der Waals surface area (Å²) >= 11 is 5.75. The normalized spacial score (nSPS) is 14.5. The molecule has 0 amide bonds. The molecule has 1 aromatic carbocycles. The molecule has 96 valence electrons. The summed E-state index contributed by atoms with van der Waals surface area (Å²) in [4.78, 5) is 7.42. The van der Waals surface area contributed by atoms with Crippen molar-refractivity contribution in [1.82, 2.24) is 9.97 Å². The third kappa shape index (κ3) is 2.40. The van der Waals surface area contributed by atoms with Crippen molar-refractivity contribution in [2.75, 3.05) is 0 Å². The highest BCUT2D eigenvalue weighted by molar-refractivity contribution is 6.31. The molecule has 5 heteroatoms. The molecule has 0 bridgehead atoms. The number of imidazole rings is 1. The lowest BCUT2D eigenvalue weighted by Gasteiger charge is -2.19. The summed E-state index contributed by atoms with van der Waals surface area (Å²) in [7, 11) is 0. The lowest BCUT2D eigenvalue weighted by atomic mass is 10.00. The Morgan fingerprint density at radius 1 is 1.50 bits per heavy atom. The van der Waals surface area contributed by atoms with E-state index in [9.17, 15) is 4.39 Å². The second-order valence-corrected chi connectivity index (χ2v) is 4.95. The molecule has 2 aromatic rings. The largest absolute Gasteiger partial charge is 0.340 e. The van der Waals surface area contributed by atoms with Crippen molar-refractivity contribution in [2.24, 2.45) is 5.73 Å². The van der Waals surface area contributed by atoms with E-state index in [2.05, 4.69) is 9.97 Å². The van der Waals surface area contributed by atoms with E-state index in [1.165, 1.54) is 6.07 Å². The predicted molar refractivity (Wildman–Crippen MR) is 70.8 cm³/mol. The Bertz CT molecular complexity index is 563.